The van der Waals surface area contributed by atoms with E-state index < -0.39 is 29.7 Å². The first-order chi connectivity index (χ1) is 14.1. The Labute approximate surface area is 176 Å². The number of alkyl halides is 4. The largest absolute Gasteiger partial charge is 0.421 e. The van der Waals surface area contributed by atoms with Gasteiger partial charge < -0.3 is 10.6 Å². The summed E-state index contributed by atoms with van der Waals surface area (Å²) in [6.45, 7) is 1.06. The zero-order valence-electron chi connectivity index (χ0n) is 16.4. The second-order valence-electron chi connectivity index (χ2n) is 7.93. The fraction of sp³-hybridized carbons (Fsp3) is 0.667. The summed E-state index contributed by atoms with van der Waals surface area (Å²) < 4.78 is 55.8. The standard InChI is InChI=1S/C18H24ClF4N7/c1-25-16-12(17(21,22)23)7-26-18(24,28-16)11-8-27-30(15(11)19)14-5-6-29(9-13(14)20)10-3-2-4-10/h7-8,10,13-14,25,28H,2-6,9,24H2,1H3/t13-,14-,18?/m1/s1. The molecule has 0 aromatic carbocycles. The number of hydrogen-bond acceptors (Lipinski definition) is 6. The summed E-state index contributed by atoms with van der Waals surface area (Å²) in [5, 5.41) is 9.26. The molecule has 1 saturated heterocycles. The van der Waals surface area contributed by atoms with Gasteiger partial charge in [-0.25, -0.2) is 14.1 Å². The number of aliphatic imine (C=N–C) groups is 1. The summed E-state index contributed by atoms with van der Waals surface area (Å²) in [5.74, 6) is -2.10. The smallest absolute Gasteiger partial charge is 0.374 e. The summed E-state index contributed by atoms with van der Waals surface area (Å²) in [5.41, 5.74) is 5.41. The highest BCUT2D eigenvalue weighted by molar-refractivity contribution is 6.30. The number of nitrogens with zero attached hydrogens (tertiary/aromatic N) is 4. The first-order valence-corrected chi connectivity index (χ1v) is 10.2. The molecule has 12 heteroatoms. The van der Waals surface area contributed by atoms with Gasteiger partial charge in [-0.05, 0) is 19.3 Å². The Bertz CT molecular complexity index is 863. The summed E-state index contributed by atoms with van der Waals surface area (Å²) in [4.78, 5) is 6.02. The molecule has 1 aromatic heterocycles. The lowest BCUT2D eigenvalue weighted by Gasteiger charge is -2.43. The highest BCUT2D eigenvalue weighted by Gasteiger charge is 2.43. The Morgan fingerprint density at radius 2 is 2.07 bits per heavy atom. The van der Waals surface area contributed by atoms with Crippen LogP contribution in [0.3, 0.4) is 0 Å². The van der Waals surface area contributed by atoms with E-state index in [2.05, 4.69) is 25.6 Å². The van der Waals surface area contributed by atoms with Crippen molar-refractivity contribution < 1.29 is 17.6 Å². The molecule has 30 heavy (non-hydrogen) atoms. The average Bonchev–Trinajstić information content (AvgIpc) is 3.01. The van der Waals surface area contributed by atoms with E-state index >= 15 is 0 Å². The second kappa shape index (κ2) is 7.69. The molecule has 0 spiro atoms. The quantitative estimate of drug-likeness (QED) is 0.615. The molecule has 7 nitrogen and oxygen atoms in total. The van der Waals surface area contributed by atoms with Crippen molar-refractivity contribution in [1.29, 1.82) is 0 Å². The molecule has 0 bridgehead atoms. The molecule has 1 saturated carbocycles. The summed E-state index contributed by atoms with van der Waals surface area (Å²) in [6, 6.07) is -0.112. The van der Waals surface area contributed by atoms with Gasteiger partial charge in [0.15, 0.2) is 0 Å². The fourth-order valence-corrected chi connectivity index (χ4v) is 4.54. The van der Waals surface area contributed by atoms with E-state index in [1.54, 1.807) is 0 Å². The number of allylic oxidation sites excluding steroid dienone is 1. The molecule has 0 amide bonds. The predicted molar refractivity (Wildman–Crippen MR) is 105 cm³/mol. The molecule has 1 aliphatic carbocycles. The maximum atomic E-state index is 15.0. The zero-order chi connectivity index (χ0) is 21.7. The first-order valence-electron chi connectivity index (χ1n) is 9.87. The number of likely N-dealkylation sites (tertiary alicyclic amines) is 1. The van der Waals surface area contributed by atoms with E-state index in [-0.39, 0.29) is 16.5 Å². The third kappa shape index (κ3) is 3.67. The minimum Gasteiger partial charge on any atom is -0.374 e. The van der Waals surface area contributed by atoms with E-state index in [9.17, 15) is 17.6 Å². The van der Waals surface area contributed by atoms with Crippen LogP contribution in [0.1, 0.15) is 37.3 Å². The second-order valence-corrected chi connectivity index (χ2v) is 8.29. The van der Waals surface area contributed by atoms with Crippen LogP contribution in [0.15, 0.2) is 22.6 Å². The van der Waals surface area contributed by atoms with Gasteiger partial charge >= 0.3 is 6.18 Å². The molecule has 4 N–H and O–H groups in total. The highest BCUT2D eigenvalue weighted by atomic mass is 35.5. The Morgan fingerprint density at radius 1 is 1.33 bits per heavy atom. The van der Waals surface area contributed by atoms with Crippen molar-refractivity contribution in [1.82, 2.24) is 25.3 Å². The van der Waals surface area contributed by atoms with E-state index in [1.165, 1.54) is 24.3 Å². The van der Waals surface area contributed by atoms with Crippen LogP contribution in [0, 0.1) is 0 Å². The Hall–Kier alpha value is -1.85. The lowest BCUT2D eigenvalue weighted by molar-refractivity contribution is -0.0875. The van der Waals surface area contributed by atoms with Gasteiger partial charge in [-0.1, -0.05) is 18.0 Å². The van der Waals surface area contributed by atoms with Crippen LogP contribution in [0.5, 0.6) is 0 Å². The third-order valence-corrected chi connectivity index (χ3v) is 6.50. The van der Waals surface area contributed by atoms with Crippen molar-refractivity contribution >= 4 is 17.8 Å². The van der Waals surface area contributed by atoms with Crippen molar-refractivity contribution in [3.8, 4) is 0 Å². The normalized spacial score (nSPS) is 30.9. The third-order valence-electron chi connectivity index (χ3n) is 6.13. The van der Waals surface area contributed by atoms with Gasteiger partial charge in [-0.15, -0.1) is 0 Å². The molecular formula is C18H24ClF4N7. The minimum atomic E-state index is -4.61. The number of rotatable bonds is 4. The topological polar surface area (TPSA) is 83.5 Å². The Balaban J connectivity index is 1.55. The number of aromatic nitrogens is 2. The maximum absolute atomic E-state index is 15.0. The molecule has 2 fully saturated rings. The Morgan fingerprint density at radius 3 is 2.63 bits per heavy atom. The maximum Gasteiger partial charge on any atom is 0.421 e. The van der Waals surface area contributed by atoms with Crippen molar-refractivity contribution in [3.05, 3.63) is 28.3 Å². The van der Waals surface area contributed by atoms with E-state index in [1.807, 2.05) is 0 Å². The molecule has 2 aliphatic heterocycles. The molecule has 3 heterocycles. The molecular weight excluding hydrogens is 426 g/mol. The van der Waals surface area contributed by atoms with Gasteiger partial charge in [0.1, 0.15) is 22.7 Å². The van der Waals surface area contributed by atoms with Crippen molar-refractivity contribution in [3.63, 3.8) is 0 Å². The SMILES string of the molecule is CNC1=C(C(F)(F)F)C=NC(N)(c2cnn([C@@H]3CCN(C4CCC4)C[C@H]3F)c2Cl)N1. The molecule has 3 aliphatic rings. The van der Waals surface area contributed by atoms with Crippen LogP contribution in [0.2, 0.25) is 5.15 Å². The van der Waals surface area contributed by atoms with Crippen molar-refractivity contribution in [2.24, 2.45) is 10.7 Å². The molecule has 1 aromatic rings. The monoisotopic (exact) mass is 449 g/mol. The summed E-state index contributed by atoms with van der Waals surface area (Å²) in [7, 11) is 1.34. The summed E-state index contributed by atoms with van der Waals surface area (Å²) >= 11 is 6.47. The van der Waals surface area contributed by atoms with Crippen LogP contribution in [-0.2, 0) is 5.79 Å². The number of nitrogens with one attached hydrogen (secondary N) is 2. The van der Waals surface area contributed by atoms with E-state index in [4.69, 9.17) is 17.3 Å². The van der Waals surface area contributed by atoms with Crippen LogP contribution in [0.25, 0.3) is 0 Å². The van der Waals surface area contributed by atoms with E-state index in [0.717, 1.165) is 19.4 Å². The highest BCUT2D eigenvalue weighted by Crippen LogP contribution is 2.37. The molecule has 166 valence electrons. The number of halogens is 5. The lowest BCUT2D eigenvalue weighted by atomic mass is 9.89. The van der Waals surface area contributed by atoms with Crippen LogP contribution < -0.4 is 16.4 Å². The minimum absolute atomic E-state index is 0.0535. The predicted octanol–water partition coefficient (Wildman–Crippen LogP) is 2.41. The lowest BCUT2D eigenvalue weighted by Crippen LogP contribution is -2.53. The van der Waals surface area contributed by atoms with Gasteiger partial charge in [0.25, 0.3) is 0 Å². The first kappa shape index (κ1) is 21.4. The number of nitrogens with two attached hydrogens (primary N) is 1. The van der Waals surface area contributed by atoms with Gasteiger partial charge in [-0.3, -0.25) is 10.6 Å². The molecule has 0 radical (unpaired) electrons. The summed E-state index contributed by atoms with van der Waals surface area (Å²) in [6.07, 6.45) is 0.128. The molecule has 1 unspecified atom stereocenters. The molecule has 3 atom stereocenters. The van der Waals surface area contributed by atoms with E-state index in [0.29, 0.717) is 25.2 Å². The van der Waals surface area contributed by atoms with Crippen LogP contribution in [0.4, 0.5) is 17.6 Å². The van der Waals surface area contributed by atoms with Crippen molar-refractivity contribution in [2.75, 3.05) is 20.1 Å². The van der Waals surface area contributed by atoms with Crippen LogP contribution in [-0.4, -0.2) is 59.4 Å². The van der Waals surface area contributed by atoms with Gasteiger partial charge in [0, 0.05) is 32.4 Å². The van der Waals surface area contributed by atoms with Crippen LogP contribution >= 0.6 is 11.6 Å². The zero-order valence-corrected chi connectivity index (χ0v) is 17.1. The number of hydrogen-bond donors (Lipinski definition) is 3. The average molecular weight is 450 g/mol. The van der Waals surface area contributed by atoms with Gasteiger partial charge in [0.2, 0.25) is 5.79 Å². The fourth-order valence-electron chi connectivity index (χ4n) is 4.18. The van der Waals surface area contributed by atoms with Crippen molar-refractivity contribution in [2.45, 2.75) is 55.9 Å². The molecule has 4 rings (SSSR count). The van der Waals surface area contributed by atoms with Gasteiger partial charge in [-0.2, -0.15) is 18.3 Å². The van der Waals surface area contributed by atoms with Gasteiger partial charge in [0.05, 0.1) is 17.8 Å². The Kier molecular flexibility index (Phi) is 5.48. The number of piperidine rings is 1.